The number of rotatable bonds is 6. The van der Waals surface area contributed by atoms with E-state index in [2.05, 4.69) is 14.7 Å². The molecule has 7 heteroatoms. The van der Waals surface area contributed by atoms with Crippen LogP contribution in [0.3, 0.4) is 0 Å². The van der Waals surface area contributed by atoms with Gasteiger partial charge in [-0.1, -0.05) is 0 Å². The fourth-order valence-electron chi connectivity index (χ4n) is 1.58. The lowest BCUT2D eigenvalue weighted by Gasteiger charge is -2.06. The van der Waals surface area contributed by atoms with Gasteiger partial charge in [0.1, 0.15) is 11.6 Å². The molecule has 0 radical (unpaired) electrons. The van der Waals surface area contributed by atoms with E-state index in [4.69, 9.17) is 4.74 Å². The number of H-pyrrole nitrogens is 1. The highest BCUT2D eigenvalue weighted by Gasteiger charge is 2.13. The number of aromatic amines is 1. The lowest BCUT2D eigenvalue weighted by Crippen LogP contribution is -2.26. The van der Waals surface area contributed by atoms with Crippen LogP contribution in [0.4, 0.5) is 0 Å². The normalized spacial score (nSPS) is 11.4. The Kier molecular flexibility index (Phi) is 4.18. The average Bonchev–Trinajstić information content (AvgIpc) is 2.92. The van der Waals surface area contributed by atoms with Crippen LogP contribution >= 0.6 is 0 Å². The van der Waals surface area contributed by atoms with Crippen molar-refractivity contribution < 1.29 is 13.2 Å². The average molecular weight is 281 g/mol. The summed E-state index contributed by atoms with van der Waals surface area (Å²) in [7, 11) is -1.95. The van der Waals surface area contributed by atoms with E-state index < -0.39 is 10.0 Å². The standard InChI is InChI=1S/C12H15N3O3S/c1-18-10-2-4-11(5-3-10)19(16,17)15-7-6-12-13-8-9-14-12/h2-5,8-9,15H,6-7H2,1H3,(H,13,14). The minimum Gasteiger partial charge on any atom is -0.497 e. The van der Waals surface area contributed by atoms with Crippen LogP contribution in [-0.2, 0) is 16.4 Å². The topological polar surface area (TPSA) is 84.1 Å². The maximum Gasteiger partial charge on any atom is 0.240 e. The molecule has 2 N–H and O–H groups in total. The third-order valence-electron chi connectivity index (χ3n) is 2.58. The van der Waals surface area contributed by atoms with Crippen LogP contribution in [0.2, 0.25) is 0 Å². The lowest BCUT2D eigenvalue weighted by atomic mass is 10.3. The molecule has 102 valence electrons. The van der Waals surface area contributed by atoms with Crippen LogP contribution in [-0.4, -0.2) is 32.0 Å². The highest BCUT2D eigenvalue weighted by molar-refractivity contribution is 7.89. The first-order valence-electron chi connectivity index (χ1n) is 5.74. The van der Waals surface area contributed by atoms with Crippen LogP contribution in [0.5, 0.6) is 5.75 Å². The predicted molar refractivity (Wildman–Crippen MR) is 70.5 cm³/mol. The number of hydrogen-bond acceptors (Lipinski definition) is 4. The van der Waals surface area contributed by atoms with E-state index in [1.165, 1.54) is 19.2 Å². The van der Waals surface area contributed by atoms with E-state index >= 15 is 0 Å². The number of benzene rings is 1. The Hall–Kier alpha value is -1.86. The molecule has 0 bridgehead atoms. The van der Waals surface area contributed by atoms with Gasteiger partial charge in [0.2, 0.25) is 10.0 Å². The number of methoxy groups -OCH3 is 1. The minimum absolute atomic E-state index is 0.216. The van der Waals surface area contributed by atoms with Gasteiger partial charge in [-0.25, -0.2) is 18.1 Å². The molecule has 2 rings (SSSR count). The van der Waals surface area contributed by atoms with Crippen LogP contribution in [0.15, 0.2) is 41.6 Å². The van der Waals surface area contributed by atoms with Gasteiger partial charge in [-0.05, 0) is 24.3 Å². The Balaban J connectivity index is 1.97. The van der Waals surface area contributed by atoms with Crippen molar-refractivity contribution in [2.75, 3.05) is 13.7 Å². The summed E-state index contributed by atoms with van der Waals surface area (Å²) in [5.74, 6) is 1.37. The summed E-state index contributed by atoms with van der Waals surface area (Å²) in [6.45, 7) is 0.294. The fourth-order valence-corrected chi connectivity index (χ4v) is 2.61. The molecule has 0 saturated carbocycles. The Morgan fingerprint density at radius 3 is 2.63 bits per heavy atom. The maximum atomic E-state index is 12.0. The molecule has 2 aromatic rings. The zero-order chi connectivity index (χ0) is 13.7. The van der Waals surface area contributed by atoms with Crippen LogP contribution in [0.1, 0.15) is 5.82 Å². The molecule has 1 aromatic carbocycles. The molecule has 0 aliphatic heterocycles. The number of aromatic nitrogens is 2. The van der Waals surface area contributed by atoms with E-state index in [0.717, 1.165) is 5.82 Å². The molecule has 0 aliphatic carbocycles. The predicted octanol–water partition coefficient (Wildman–Crippen LogP) is 0.939. The monoisotopic (exact) mass is 281 g/mol. The Labute approximate surface area is 111 Å². The lowest BCUT2D eigenvalue weighted by molar-refractivity contribution is 0.414. The zero-order valence-electron chi connectivity index (χ0n) is 10.5. The van der Waals surface area contributed by atoms with Gasteiger partial charge >= 0.3 is 0 Å². The van der Waals surface area contributed by atoms with Crippen molar-refractivity contribution in [1.82, 2.24) is 14.7 Å². The smallest absolute Gasteiger partial charge is 0.240 e. The van der Waals surface area contributed by atoms with Gasteiger partial charge in [0.15, 0.2) is 0 Å². The van der Waals surface area contributed by atoms with Crippen molar-refractivity contribution in [3.63, 3.8) is 0 Å². The second-order valence-electron chi connectivity index (χ2n) is 3.86. The van der Waals surface area contributed by atoms with Gasteiger partial charge in [-0.15, -0.1) is 0 Å². The molecular formula is C12H15N3O3S. The van der Waals surface area contributed by atoms with E-state index in [-0.39, 0.29) is 4.90 Å². The summed E-state index contributed by atoms with van der Waals surface area (Å²) in [5.41, 5.74) is 0. The first-order valence-corrected chi connectivity index (χ1v) is 7.22. The molecule has 0 aliphatic rings. The van der Waals surface area contributed by atoms with E-state index in [9.17, 15) is 8.42 Å². The van der Waals surface area contributed by atoms with Crippen molar-refractivity contribution in [2.45, 2.75) is 11.3 Å². The van der Waals surface area contributed by atoms with Crippen LogP contribution in [0.25, 0.3) is 0 Å². The summed E-state index contributed by atoms with van der Waals surface area (Å²) in [6, 6.07) is 6.24. The summed E-state index contributed by atoms with van der Waals surface area (Å²) in [6.07, 6.45) is 3.85. The highest BCUT2D eigenvalue weighted by Crippen LogP contribution is 2.15. The Morgan fingerprint density at radius 2 is 2.05 bits per heavy atom. The van der Waals surface area contributed by atoms with Gasteiger partial charge in [0.05, 0.1) is 12.0 Å². The van der Waals surface area contributed by atoms with Crippen LogP contribution in [0, 0.1) is 0 Å². The van der Waals surface area contributed by atoms with E-state index in [0.29, 0.717) is 18.7 Å². The summed E-state index contributed by atoms with van der Waals surface area (Å²) in [4.78, 5) is 7.16. The number of nitrogens with zero attached hydrogens (tertiary/aromatic N) is 1. The summed E-state index contributed by atoms with van der Waals surface area (Å²) >= 11 is 0. The third kappa shape index (κ3) is 3.55. The van der Waals surface area contributed by atoms with Gasteiger partial charge in [-0.2, -0.15) is 0 Å². The molecule has 19 heavy (non-hydrogen) atoms. The second-order valence-corrected chi connectivity index (χ2v) is 5.63. The molecule has 0 atom stereocenters. The number of sulfonamides is 1. The summed E-state index contributed by atoms with van der Waals surface area (Å²) < 4.78 is 31.5. The number of hydrogen-bond donors (Lipinski definition) is 2. The van der Waals surface area contributed by atoms with E-state index in [1.807, 2.05) is 0 Å². The first-order chi connectivity index (χ1) is 9.12. The largest absolute Gasteiger partial charge is 0.497 e. The van der Waals surface area contributed by atoms with Crippen molar-refractivity contribution in [3.8, 4) is 5.75 Å². The molecule has 0 spiro atoms. The van der Waals surface area contributed by atoms with Crippen molar-refractivity contribution in [2.24, 2.45) is 0 Å². The second kappa shape index (κ2) is 5.85. The maximum absolute atomic E-state index is 12.0. The SMILES string of the molecule is COc1ccc(S(=O)(=O)NCCc2ncc[nH]2)cc1. The fraction of sp³-hybridized carbons (Fsp3) is 0.250. The molecule has 0 amide bonds. The number of nitrogens with one attached hydrogen (secondary N) is 2. The molecule has 1 heterocycles. The molecule has 6 nitrogen and oxygen atoms in total. The summed E-state index contributed by atoms with van der Waals surface area (Å²) in [5, 5.41) is 0. The molecule has 1 aromatic heterocycles. The van der Waals surface area contributed by atoms with Gasteiger partial charge in [-0.3, -0.25) is 0 Å². The number of ether oxygens (including phenoxy) is 1. The van der Waals surface area contributed by atoms with Crippen molar-refractivity contribution >= 4 is 10.0 Å². The molecular weight excluding hydrogens is 266 g/mol. The van der Waals surface area contributed by atoms with Gasteiger partial charge in [0, 0.05) is 25.4 Å². The van der Waals surface area contributed by atoms with E-state index in [1.54, 1.807) is 24.5 Å². The number of imidazole rings is 1. The van der Waals surface area contributed by atoms with Gasteiger partial charge in [0.25, 0.3) is 0 Å². The molecule has 0 unspecified atom stereocenters. The zero-order valence-corrected chi connectivity index (χ0v) is 11.3. The molecule has 0 fully saturated rings. The highest BCUT2D eigenvalue weighted by atomic mass is 32.2. The quantitative estimate of drug-likeness (QED) is 0.825. The van der Waals surface area contributed by atoms with Crippen molar-refractivity contribution in [1.29, 1.82) is 0 Å². The third-order valence-corrected chi connectivity index (χ3v) is 4.06. The van der Waals surface area contributed by atoms with Gasteiger partial charge < -0.3 is 9.72 Å². The van der Waals surface area contributed by atoms with Crippen LogP contribution < -0.4 is 9.46 Å². The van der Waals surface area contributed by atoms with Crippen molar-refractivity contribution in [3.05, 3.63) is 42.5 Å². The minimum atomic E-state index is -3.49. The first kappa shape index (κ1) is 13.6. The molecule has 0 saturated heterocycles. The Bertz CT molecular complexity index is 606. The Morgan fingerprint density at radius 1 is 1.32 bits per heavy atom.